The molecule has 0 unspecified atom stereocenters. The summed E-state index contributed by atoms with van der Waals surface area (Å²) in [4.78, 5) is 6.86. The topological polar surface area (TPSA) is 42.2 Å². The first-order chi connectivity index (χ1) is 9.70. The summed E-state index contributed by atoms with van der Waals surface area (Å²) < 4.78 is 1.01. The van der Waals surface area contributed by atoms with Crippen LogP contribution in [0.15, 0.2) is 47.1 Å². The van der Waals surface area contributed by atoms with Gasteiger partial charge in [0.05, 0.1) is 0 Å². The normalized spacial score (nSPS) is 10.6. The molecule has 1 heterocycles. The maximum Gasteiger partial charge on any atom is 0.131 e. The number of rotatable bonds is 6. The molecule has 1 aromatic carbocycles. The van der Waals surface area contributed by atoms with Crippen LogP contribution in [0.2, 0.25) is 0 Å². The van der Waals surface area contributed by atoms with Crippen molar-refractivity contribution in [1.82, 2.24) is 4.98 Å². The minimum atomic E-state index is 0.695. The molecule has 0 amide bonds. The smallest absolute Gasteiger partial charge is 0.131 e. The van der Waals surface area contributed by atoms with Crippen LogP contribution in [0.25, 0.3) is 0 Å². The van der Waals surface area contributed by atoms with Gasteiger partial charge in [-0.25, -0.2) is 4.98 Å². The van der Waals surface area contributed by atoms with E-state index in [1.165, 1.54) is 11.1 Å². The van der Waals surface area contributed by atoms with Gasteiger partial charge in [-0.05, 0) is 53.0 Å². The van der Waals surface area contributed by atoms with Crippen molar-refractivity contribution in [2.45, 2.75) is 19.9 Å². The molecule has 0 spiro atoms. The van der Waals surface area contributed by atoms with E-state index < -0.39 is 0 Å². The van der Waals surface area contributed by atoms with E-state index in [2.05, 4.69) is 63.1 Å². The zero-order valence-electron chi connectivity index (χ0n) is 11.7. The highest BCUT2D eigenvalue weighted by atomic mass is 79.9. The van der Waals surface area contributed by atoms with Gasteiger partial charge in [-0.3, -0.25) is 0 Å². The van der Waals surface area contributed by atoms with E-state index in [4.69, 9.17) is 5.73 Å². The van der Waals surface area contributed by atoms with Gasteiger partial charge in [-0.15, -0.1) is 0 Å². The second-order valence-corrected chi connectivity index (χ2v) is 5.76. The number of aromatic nitrogens is 1. The molecule has 0 saturated carbocycles. The first-order valence-electron chi connectivity index (χ1n) is 6.82. The predicted molar refractivity (Wildman–Crippen MR) is 87.8 cm³/mol. The van der Waals surface area contributed by atoms with E-state index in [-0.39, 0.29) is 0 Å². The van der Waals surface area contributed by atoms with Crippen molar-refractivity contribution < 1.29 is 0 Å². The number of hydrogen-bond acceptors (Lipinski definition) is 3. The first kappa shape index (κ1) is 15.0. The molecule has 4 heteroatoms. The van der Waals surface area contributed by atoms with Crippen LogP contribution in [0.4, 0.5) is 5.82 Å². The molecule has 2 rings (SSSR count). The van der Waals surface area contributed by atoms with Gasteiger partial charge in [0.2, 0.25) is 0 Å². The van der Waals surface area contributed by atoms with E-state index in [1.54, 1.807) is 0 Å². The molecule has 1 aromatic heterocycles. The Hall–Kier alpha value is -1.39. The summed E-state index contributed by atoms with van der Waals surface area (Å²) in [6.07, 6.45) is 2.81. The molecule has 0 aliphatic rings. The van der Waals surface area contributed by atoms with E-state index in [1.807, 2.05) is 12.3 Å². The van der Waals surface area contributed by atoms with Gasteiger partial charge < -0.3 is 10.6 Å². The molecule has 0 fully saturated rings. The van der Waals surface area contributed by atoms with Crippen LogP contribution < -0.4 is 10.6 Å². The molecule has 0 radical (unpaired) electrons. The van der Waals surface area contributed by atoms with Crippen LogP contribution in [0, 0.1) is 6.92 Å². The lowest BCUT2D eigenvalue weighted by Crippen LogP contribution is -2.27. The van der Waals surface area contributed by atoms with Gasteiger partial charge in [-0.2, -0.15) is 0 Å². The van der Waals surface area contributed by atoms with E-state index in [0.717, 1.165) is 29.8 Å². The Kier molecular flexibility index (Phi) is 5.56. The number of benzene rings is 1. The zero-order chi connectivity index (χ0) is 14.4. The fraction of sp³-hybridized carbons (Fsp3) is 0.312. The molecule has 2 N–H and O–H groups in total. The Morgan fingerprint density at radius 2 is 2.00 bits per heavy atom. The van der Waals surface area contributed by atoms with Crippen LogP contribution in [-0.2, 0) is 6.54 Å². The Balaban J connectivity index is 2.22. The maximum atomic E-state index is 5.66. The maximum absolute atomic E-state index is 5.66. The summed E-state index contributed by atoms with van der Waals surface area (Å²) in [5, 5.41) is 0. The second-order valence-electron chi connectivity index (χ2n) is 4.84. The summed E-state index contributed by atoms with van der Waals surface area (Å²) in [6, 6.07) is 12.6. The molecule has 0 aliphatic heterocycles. The Bertz CT molecular complexity index is 543. The van der Waals surface area contributed by atoms with Gasteiger partial charge in [0.15, 0.2) is 0 Å². The van der Waals surface area contributed by atoms with Crippen molar-refractivity contribution in [3.8, 4) is 0 Å². The zero-order valence-corrected chi connectivity index (χ0v) is 13.3. The van der Waals surface area contributed by atoms with Crippen LogP contribution in [-0.4, -0.2) is 18.1 Å². The molecule has 0 saturated heterocycles. The van der Waals surface area contributed by atoms with Crippen molar-refractivity contribution in [1.29, 1.82) is 0 Å². The molecule has 2 aromatic rings. The summed E-state index contributed by atoms with van der Waals surface area (Å²) in [5.74, 6) is 1.03. The molecule has 3 nitrogen and oxygen atoms in total. The number of pyridine rings is 1. The monoisotopic (exact) mass is 333 g/mol. The van der Waals surface area contributed by atoms with Gasteiger partial charge >= 0.3 is 0 Å². The van der Waals surface area contributed by atoms with E-state index >= 15 is 0 Å². The van der Waals surface area contributed by atoms with Crippen molar-refractivity contribution in [3.05, 3.63) is 58.2 Å². The third-order valence-electron chi connectivity index (χ3n) is 3.17. The number of nitrogens with zero attached hydrogens (tertiary/aromatic N) is 2. The second kappa shape index (κ2) is 7.41. The van der Waals surface area contributed by atoms with Crippen molar-refractivity contribution in [3.63, 3.8) is 0 Å². The lowest BCUT2D eigenvalue weighted by Gasteiger charge is -2.25. The Morgan fingerprint density at radius 3 is 2.65 bits per heavy atom. The Morgan fingerprint density at radius 1 is 1.25 bits per heavy atom. The molecule has 20 heavy (non-hydrogen) atoms. The standard InChI is InChI=1S/C16H20BrN3/c1-13-10-15(17)11-19-16(13)20(9-5-8-18)12-14-6-3-2-4-7-14/h2-4,6-7,10-11H,5,8-9,12,18H2,1H3. The first-order valence-corrected chi connectivity index (χ1v) is 7.61. The third-order valence-corrected chi connectivity index (χ3v) is 3.60. The largest absolute Gasteiger partial charge is 0.352 e. The van der Waals surface area contributed by atoms with Crippen LogP contribution >= 0.6 is 15.9 Å². The SMILES string of the molecule is Cc1cc(Br)cnc1N(CCCN)Cc1ccccc1. The highest BCUT2D eigenvalue weighted by Crippen LogP contribution is 2.22. The van der Waals surface area contributed by atoms with Gasteiger partial charge in [0.25, 0.3) is 0 Å². The predicted octanol–water partition coefficient (Wildman–Crippen LogP) is 3.51. The number of aryl methyl sites for hydroxylation is 1. The molecule has 106 valence electrons. The highest BCUT2D eigenvalue weighted by molar-refractivity contribution is 9.10. The third kappa shape index (κ3) is 4.05. The molecular formula is C16H20BrN3. The fourth-order valence-corrected chi connectivity index (χ4v) is 2.66. The fourth-order valence-electron chi connectivity index (χ4n) is 2.21. The highest BCUT2D eigenvalue weighted by Gasteiger charge is 2.11. The van der Waals surface area contributed by atoms with Crippen LogP contribution in [0.5, 0.6) is 0 Å². The Labute approximate surface area is 129 Å². The lowest BCUT2D eigenvalue weighted by atomic mass is 10.2. The minimum absolute atomic E-state index is 0.695. The molecule has 0 bridgehead atoms. The summed E-state index contributed by atoms with van der Waals surface area (Å²) in [7, 11) is 0. The van der Waals surface area contributed by atoms with Crippen molar-refractivity contribution in [2.24, 2.45) is 5.73 Å². The number of hydrogen-bond donors (Lipinski definition) is 1. The van der Waals surface area contributed by atoms with Crippen LogP contribution in [0.1, 0.15) is 17.5 Å². The van der Waals surface area contributed by atoms with Gasteiger partial charge in [0, 0.05) is 23.8 Å². The van der Waals surface area contributed by atoms with E-state index in [9.17, 15) is 0 Å². The number of nitrogens with two attached hydrogens (primary N) is 1. The van der Waals surface area contributed by atoms with Gasteiger partial charge in [0.1, 0.15) is 5.82 Å². The molecular weight excluding hydrogens is 314 g/mol. The summed E-state index contributed by atoms with van der Waals surface area (Å²) in [6.45, 7) is 4.56. The molecule has 0 aliphatic carbocycles. The molecule has 0 atom stereocenters. The average Bonchev–Trinajstić information content (AvgIpc) is 2.45. The minimum Gasteiger partial charge on any atom is -0.352 e. The number of anilines is 1. The quantitative estimate of drug-likeness (QED) is 0.879. The van der Waals surface area contributed by atoms with Crippen molar-refractivity contribution in [2.75, 3.05) is 18.0 Å². The summed E-state index contributed by atoms with van der Waals surface area (Å²) in [5.41, 5.74) is 8.12. The van der Waals surface area contributed by atoms with Gasteiger partial charge in [-0.1, -0.05) is 30.3 Å². The summed E-state index contributed by atoms with van der Waals surface area (Å²) >= 11 is 3.46. The van der Waals surface area contributed by atoms with E-state index in [0.29, 0.717) is 6.54 Å². The van der Waals surface area contributed by atoms with Crippen LogP contribution in [0.3, 0.4) is 0 Å². The number of halogens is 1. The van der Waals surface area contributed by atoms with Crippen molar-refractivity contribution >= 4 is 21.7 Å². The average molecular weight is 334 g/mol. The lowest BCUT2D eigenvalue weighted by molar-refractivity contribution is 0.723.